The van der Waals surface area contributed by atoms with Gasteiger partial charge in [-0.1, -0.05) is 53.6 Å². The van der Waals surface area contributed by atoms with Gasteiger partial charge in [0.25, 0.3) is 0 Å². The molecule has 0 spiro atoms. The zero-order chi connectivity index (χ0) is 21.3. The quantitative estimate of drug-likeness (QED) is 0.398. The van der Waals surface area contributed by atoms with Gasteiger partial charge in [-0.2, -0.15) is 0 Å². The van der Waals surface area contributed by atoms with Crippen LogP contribution in [0.2, 0.25) is 5.02 Å². The summed E-state index contributed by atoms with van der Waals surface area (Å²) in [6.45, 7) is 3.84. The zero-order valence-electron chi connectivity index (χ0n) is 16.7. The fourth-order valence-electron chi connectivity index (χ4n) is 3.35. The van der Waals surface area contributed by atoms with Crippen molar-refractivity contribution in [3.05, 3.63) is 99.8 Å². The van der Waals surface area contributed by atoms with Crippen LogP contribution in [-0.4, -0.2) is 11.7 Å². The number of fused-ring (bicyclic) bond motifs is 1. The lowest BCUT2D eigenvalue weighted by Crippen LogP contribution is -2.14. The summed E-state index contributed by atoms with van der Waals surface area (Å²) in [5, 5.41) is 4.36. The molecule has 0 saturated heterocycles. The van der Waals surface area contributed by atoms with E-state index in [4.69, 9.17) is 16.0 Å². The van der Waals surface area contributed by atoms with Crippen LogP contribution in [0.4, 0.5) is 5.69 Å². The first-order valence-electron chi connectivity index (χ1n) is 9.59. The molecule has 4 aromatic rings. The number of nitrogens with one attached hydrogen (secondary N) is 1. The number of hydrogen-bond donors (Lipinski definition) is 1. The van der Waals surface area contributed by atoms with Gasteiger partial charge in [-0.05, 0) is 43.7 Å². The van der Waals surface area contributed by atoms with Crippen molar-refractivity contribution >= 4 is 39.9 Å². The van der Waals surface area contributed by atoms with E-state index in [9.17, 15) is 9.59 Å². The largest absolute Gasteiger partial charge is 0.452 e. The number of carbonyl (C=O) groups is 2. The van der Waals surface area contributed by atoms with Gasteiger partial charge in [-0.25, -0.2) is 0 Å². The second kappa shape index (κ2) is 8.17. The fourth-order valence-corrected chi connectivity index (χ4v) is 3.47. The van der Waals surface area contributed by atoms with Crippen LogP contribution in [0.5, 0.6) is 0 Å². The van der Waals surface area contributed by atoms with Gasteiger partial charge < -0.3 is 9.73 Å². The first-order valence-corrected chi connectivity index (χ1v) is 9.97. The Labute approximate surface area is 179 Å². The zero-order valence-corrected chi connectivity index (χ0v) is 17.4. The number of ketones is 1. The fraction of sp³-hybridized carbons (Fsp3) is 0.120. The number of rotatable bonds is 5. The molecule has 0 saturated carbocycles. The number of amides is 1. The lowest BCUT2D eigenvalue weighted by atomic mass is 10.0. The summed E-state index contributed by atoms with van der Waals surface area (Å²) in [5.41, 5.74) is 4.51. The van der Waals surface area contributed by atoms with Crippen molar-refractivity contribution in [2.75, 3.05) is 5.32 Å². The first kappa shape index (κ1) is 19.9. The summed E-state index contributed by atoms with van der Waals surface area (Å²) < 4.78 is 5.88. The van der Waals surface area contributed by atoms with Crippen LogP contribution in [0.25, 0.3) is 11.0 Å². The van der Waals surface area contributed by atoms with Gasteiger partial charge >= 0.3 is 0 Å². The third-order valence-electron chi connectivity index (χ3n) is 5.02. The van der Waals surface area contributed by atoms with Crippen molar-refractivity contribution in [3.63, 3.8) is 0 Å². The maximum Gasteiger partial charge on any atom is 0.228 e. The van der Waals surface area contributed by atoms with Crippen LogP contribution < -0.4 is 5.32 Å². The first-order chi connectivity index (χ1) is 14.4. The summed E-state index contributed by atoms with van der Waals surface area (Å²) in [6, 6.07) is 20.0. The Balaban J connectivity index is 1.55. The highest BCUT2D eigenvalue weighted by Crippen LogP contribution is 2.29. The number of aryl methyl sites for hydroxylation is 2. The van der Waals surface area contributed by atoms with E-state index in [1.165, 1.54) is 0 Å². The van der Waals surface area contributed by atoms with E-state index in [0.29, 0.717) is 27.6 Å². The van der Waals surface area contributed by atoms with Crippen molar-refractivity contribution in [1.29, 1.82) is 0 Å². The number of furan rings is 1. The third-order valence-corrected chi connectivity index (χ3v) is 5.27. The molecule has 4 nitrogen and oxygen atoms in total. The predicted octanol–water partition coefficient (Wildman–Crippen LogP) is 6.12. The second-order valence-electron chi connectivity index (χ2n) is 7.31. The Morgan fingerprint density at radius 1 is 0.933 bits per heavy atom. The molecular formula is C25H20ClNO3. The van der Waals surface area contributed by atoms with Gasteiger partial charge in [0.05, 0.1) is 6.42 Å². The van der Waals surface area contributed by atoms with Crippen LogP contribution in [0.1, 0.15) is 32.8 Å². The molecule has 0 fully saturated rings. The highest BCUT2D eigenvalue weighted by atomic mass is 35.5. The topological polar surface area (TPSA) is 59.3 Å². The average Bonchev–Trinajstić information content (AvgIpc) is 3.05. The number of benzene rings is 3. The molecule has 0 aliphatic rings. The molecule has 0 bridgehead atoms. The van der Waals surface area contributed by atoms with E-state index in [1.807, 2.05) is 50.2 Å². The van der Waals surface area contributed by atoms with Gasteiger partial charge in [0.1, 0.15) is 5.58 Å². The SMILES string of the molecule is Cc1ccc(C(=O)c2oc3cc(NC(=O)Cc4ccc(Cl)cc4)ccc3c2C)cc1. The van der Waals surface area contributed by atoms with E-state index < -0.39 is 0 Å². The van der Waals surface area contributed by atoms with Gasteiger partial charge in [0, 0.05) is 33.3 Å². The number of halogens is 1. The molecule has 3 aromatic carbocycles. The van der Waals surface area contributed by atoms with E-state index >= 15 is 0 Å². The summed E-state index contributed by atoms with van der Waals surface area (Å²) in [7, 11) is 0. The summed E-state index contributed by atoms with van der Waals surface area (Å²) in [4.78, 5) is 25.2. The van der Waals surface area contributed by atoms with E-state index in [1.54, 1.807) is 30.3 Å². The van der Waals surface area contributed by atoms with Gasteiger partial charge in [0.15, 0.2) is 5.76 Å². The average molecular weight is 418 g/mol. The molecule has 1 heterocycles. The molecule has 1 amide bonds. The minimum atomic E-state index is -0.156. The third kappa shape index (κ3) is 4.14. The molecule has 30 heavy (non-hydrogen) atoms. The minimum absolute atomic E-state index is 0.143. The van der Waals surface area contributed by atoms with E-state index in [0.717, 1.165) is 22.1 Å². The van der Waals surface area contributed by atoms with Crippen molar-refractivity contribution in [2.45, 2.75) is 20.3 Å². The normalized spacial score (nSPS) is 10.9. The molecule has 0 aliphatic carbocycles. The highest BCUT2D eigenvalue weighted by molar-refractivity contribution is 6.30. The summed E-state index contributed by atoms with van der Waals surface area (Å²) >= 11 is 5.88. The van der Waals surface area contributed by atoms with Gasteiger partial charge in [0.2, 0.25) is 11.7 Å². The van der Waals surface area contributed by atoms with Crippen LogP contribution in [0.15, 0.2) is 71.1 Å². The van der Waals surface area contributed by atoms with Gasteiger partial charge in [-0.15, -0.1) is 0 Å². The lowest BCUT2D eigenvalue weighted by Gasteiger charge is -2.05. The molecule has 1 aromatic heterocycles. The molecule has 5 heteroatoms. The van der Waals surface area contributed by atoms with Crippen molar-refractivity contribution in [1.82, 2.24) is 0 Å². The molecule has 0 aliphatic heterocycles. The molecule has 0 unspecified atom stereocenters. The standard InChI is InChI=1S/C25H20ClNO3/c1-15-3-7-18(8-4-15)24(29)25-16(2)21-12-11-20(14-22(21)30-25)27-23(28)13-17-5-9-19(26)10-6-17/h3-12,14H,13H2,1-2H3,(H,27,28). The smallest absolute Gasteiger partial charge is 0.228 e. The summed E-state index contributed by atoms with van der Waals surface area (Å²) in [6.07, 6.45) is 0.240. The molecule has 150 valence electrons. The van der Waals surface area contributed by atoms with Crippen LogP contribution in [0.3, 0.4) is 0 Å². The maximum absolute atomic E-state index is 12.9. The predicted molar refractivity (Wildman–Crippen MR) is 119 cm³/mol. The molecular weight excluding hydrogens is 398 g/mol. The lowest BCUT2D eigenvalue weighted by molar-refractivity contribution is -0.115. The van der Waals surface area contributed by atoms with E-state index in [-0.39, 0.29) is 18.1 Å². The van der Waals surface area contributed by atoms with E-state index in [2.05, 4.69) is 5.32 Å². The Kier molecular flexibility index (Phi) is 5.42. The number of hydrogen-bond acceptors (Lipinski definition) is 3. The number of carbonyl (C=O) groups excluding carboxylic acids is 2. The molecule has 0 radical (unpaired) electrons. The van der Waals surface area contributed by atoms with Crippen LogP contribution in [0, 0.1) is 13.8 Å². The maximum atomic E-state index is 12.9. The summed E-state index contributed by atoms with van der Waals surface area (Å²) in [5.74, 6) is 0.0198. The van der Waals surface area contributed by atoms with Crippen LogP contribution >= 0.6 is 11.6 Å². The molecule has 0 atom stereocenters. The Morgan fingerprint density at radius 2 is 1.63 bits per heavy atom. The molecule has 4 rings (SSSR count). The Bertz CT molecular complexity index is 1240. The number of anilines is 1. The van der Waals surface area contributed by atoms with Crippen LogP contribution in [-0.2, 0) is 11.2 Å². The van der Waals surface area contributed by atoms with Crippen molar-refractivity contribution in [3.8, 4) is 0 Å². The minimum Gasteiger partial charge on any atom is -0.452 e. The Hall–Kier alpha value is -3.37. The second-order valence-corrected chi connectivity index (χ2v) is 7.75. The monoisotopic (exact) mass is 417 g/mol. The Morgan fingerprint density at radius 3 is 2.33 bits per heavy atom. The molecule has 1 N–H and O–H groups in total. The van der Waals surface area contributed by atoms with Gasteiger partial charge in [-0.3, -0.25) is 9.59 Å². The van der Waals surface area contributed by atoms with Crippen molar-refractivity contribution in [2.24, 2.45) is 0 Å². The van der Waals surface area contributed by atoms with Crippen molar-refractivity contribution < 1.29 is 14.0 Å². The highest BCUT2D eigenvalue weighted by Gasteiger charge is 2.19.